The Bertz CT molecular complexity index is 254. The van der Waals surface area contributed by atoms with E-state index in [1.54, 1.807) is 0 Å². The van der Waals surface area contributed by atoms with Crippen LogP contribution in [0, 0.1) is 0 Å². The van der Waals surface area contributed by atoms with Crippen LogP contribution in [0.15, 0.2) is 0 Å². The minimum absolute atomic E-state index is 0.0468. The van der Waals surface area contributed by atoms with Crippen LogP contribution in [-0.4, -0.2) is 59.6 Å². The first-order chi connectivity index (χ1) is 7.62. The van der Waals surface area contributed by atoms with Crippen molar-refractivity contribution in [3.8, 4) is 0 Å². The Morgan fingerprint density at radius 1 is 1.19 bits per heavy atom. The Balaban J connectivity index is 2.08. The molecule has 2 rings (SSSR count). The van der Waals surface area contributed by atoms with Crippen molar-refractivity contribution in [1.82, 2.24) is 9.80 Å². The van der Waals surface area contributed by atoms with Crippen molar-refractivity contribution in [1.29, 1.82) is 0 Å². The van der Waals surface area contributed by atoms with Gasteiger partial charge >= 0.3 is 5.97 Å². The van der Waals surface area contributed by atoms with Crippen LogP contribution in [-0.2, 0) is 4.79 Å². The van der Waals surface area contributed by atoms with Gasteiger partial charge in [-0.25, -0.2) is 0 Å². The lowest BCUT2D eigenvalue weighted by Gasteiger charge is -2.46. The molecular formula is C12H22N2O2. The van der Waals surface area contributed by atoms with E-state index in [0.717, 1.165) is 39.0 Å². The zero-order valence-electron chi connectivity index (χ0n) is 10.1. The van der Waals surface area contributed by atoms with E-state index in [1.165, 1.54) is 12.8 Å². The highest BCUT2D eigenvalue weighted by Crippen LogP contribution is 2.34. The van der Waals surface area contributed by atoms with Gasteiger partial charge in [-0.1, -0.05) is 0 Å². The molecule has 0 amide bonds. The van der Waals surface area contributed by atoms with Crippen molar-refractivity contribution in [2.24, 2.45) is 0 Å². The monoisotopic (exact) mass is 226 g/mol. The fourth-order valence-corrected chi connectivity index (χ4v) is 3.11. The topological polar surface area (TPSA) is 43.8 Å². The summed E-state index contributed by atoms with van der Waals surface area (Å²) in [6.07, 6.45) is 4.81. The van der Waals surface area contributed by atoms with Crippen molar-refractivity contribution >= 4 is 5.97 Å². The van der Waals surface area contributed by atoms with Gasteiger partial charge in [0.05, 0.1) is 6.42 Å². The number of hydrogen-bond donors (Lipinski definition) is 1. The van der Waals surface area contributed by atoms with Crippen molar-refractivity contribution in [2.75, 3.05) is 33.2 Å². The van der Waals surface area contributed by atoms with Crippen LogP contribution in [0.1, 0.15) is 32.1 Å². The highest BCUT2D eigenvalue weighted by atomic mass is 16.4. The second-order valence-corrected chi connectivity index (χ2v) is 5.29. The average Bonchev–Trinajstić information content (AvgIpc) is 2.75. The first-order valence-electron chi connectivity index (χ1n) is 6.28. The zero-order valence-corrected chi connectivity index (χ0v) is 10.1. The molecule has 0 radical (unpaired) electrons. The Morgan fingerprint density at radius 3 is 2.25 bits per heavy atom. The van der Waals surface area contributed by atoms with Gasteiger partial charge < -0.3 is 10.0 Å². The lowest BCUT2D eigenvalue weighted by molar-refractivity contribution is -0.141. The SMILES string of the molecule is CN1CCC(CC(=O)O)(N2CCCC2)CC1. The third-order valence-corrected chi connectivity index (χ3v) is 4.17. The Labute approximate surface area is 97.2 Å². The molecule has 0 bridgehead atoms. The van der Waals surface area contributed by atoms with Gasteiger partial charge in [0.2, 0.25) is 0 Å². The molecule has 0 saturated carbocycles. The number of hydrogen-bond acceptors (Lipinski definition) is 3. The van der Waals surface area contributed by atoms with Crippen LogP contribution in [0.25, 0.3) is 0 Å². The second-order valence-electron chi connectivity index (χ2n) is 5.29. The Kier molecular flexibility index (Phi) is 3.50. The summed E-state index contributed by atoms with van der Waals surface area (Å²) >= 11 is 0. The van der Waals surface area contributed by atoms with Crippen molar-refractivity contribution < 1.29 is 9.90 Å². The molecule has 2 fully saturated rings. The minimum Gasteiger partial charge on any atom is -0.481 e. The van der Waals surface area contributed by atoms with Crippen LogP contribution in [0.3, 0.4) is 0 Å². The number of likely N-dealkylation sites (tertiary alicyclic amines) is 2. The molecule has 2 heterocycles. The molecule has 16 heavy (non-hydrogen) atoms. The molecule has 0 unspecified atom stereocenters. The second kappa shape index (κ2) is 4.72. The molecule has 0 spiro atoms. The van der Waals surface area contributed by atoms with E-state index in [2.05, 4.69) is 16.8 Å². The number of carboxylic acid groups (broad SMARTS) is 1. The Hall–Kier alpha value is -0.610. The van der Waals surface area contributed by atoms with E-state index in [0.29, 0.717) is 6.42 Å². The minimum atomic E-state index is -0.642. The van der Waals surface area contributed by atoms with E-state index in [9.17, 15) is 4.79 Å². The molecule has 0 aromatic heterocycles. The third-order valence-electron chi connectivity index (χ3n) is 4.17. The molecule has 0 aromatic rings. The molecular weight excluding hydrogens is 204 g/mol. The highest BCUT2D eigenvalue weighted by molar-refractivity contribution is 5.68. The third kappa shape index (κ3) is 2.38. The maximum absolute atomic E-state index is 11.1. The average molecular weight is 226 g/mol. The summed E-state index contributed by atoms with van der Waals surface area (Å²) in [5, 5.41) is 9.12. The van der Waals surface area contributed by atoms with E-state index < -0.39 is 5.97 Å². The van der Waals surface area contributed by atoms with E-state index in [4.69, 9.17) is 5.11 Å². The molecule has 2 aliphatic rings. The van der Waals surface area contributed by atoms with Gasteiger partial charge in [-0.05, 0) is 58.9 Å². The normalized spacial score (nSPS) is 27.1. The van der Waals surface area contributed by atoms with Crippen LogP contribution < -0.4 is 0 Å². The lowest BCUT2D eigenvalue weighted by atomic mass is 9.83. The van der Waals surface area contributed by atoms with Crippen LogP contribution in [0.4, 0.5) is 0 Å². The van der Waals surface area contributed by atoms with Gasteiger partial charge in [0, 0.05) is 5.54 Å². The highest BCUT2D eigenvalue weighted by Gasteiger charge is 2.41. The molecule has 4 nitrogen and oxygen atoms in total. The van der Waals surface area contributed by atoms with Gasteiger partial charge in [0.25, 0.3) is 0 Å². The van der Waals surface area contributed by atoms with Gasteiger partial charge in [0.1, 0.15) is 0 Å². The number of aliphatic carboxylic acids is 1. The smallest absolute Gasteiger partial charge is 0.305 e. The molecule has 0 aliphatic carbocycles. The summed E-state index contributed by atoms with van der Waals surface area (Å²) in [6, 6.07) is 0. The molecule has 92 valence electrons. The number of piperidine rings is 1. The number of carboxylic acids is 1. The predicted octanol–water partition coefficient (Wildman–Crippen LogP) is 1.02. The van der Waals surface area contributed by atoms with E-state index in [1.807, 2.05) is 0 Å². The van der Waals surface area contributed by atoms with Crippen LogP contribution in [0.5, 0.6) is 0 Å². The van der Waals surface area contributed by atoms with Gasteiger partial charge in [0.15, 0.2) is 0 Å². The summed E-state index contributed by atoms with van der Waals surface area (Å²) in [5.41, 5.74) is -0.0468. The van der Waals surface area contributed by atoms with Crippen molar-refractivity contribution in [2.45, 2.75) is 37.6 Å². The molecule has 1 N–H and O–H groups in total. The lowest BCUT2D eigenvalue weighted by Crippen LogP contribution is -2.54. The van der Waals surface area contributed by atoms with Crippen molar-refractivity contribution in [3.63, 3.8) is 0 Å². The molecule has 0 aromatic carbocycles. The van der Waals surface area contributed by atoms with Gasteiger partial charge in [-0.2, -0.15) is 0 Å². The first-order valence-corrected chi connectivity index (χ1v) is 6.28. The predicted molar refractivity (Wildman–Crippen MR) is 62.5 cm³/mol. The number of rotatable bonds is 3. The molecule has 4 heteroatoms. The first kappa shape index (κ1) is 11.9. The molecule has 2 saturated heterocycles. The summed E-state index contributed by atoms with van der Waals surface area (Å²) in [5.74, 6) is -0.642. The largest absolute Gasteiger partial charge is 0.481 e. The number of nitrogens with zero attached hydrogens (tertiary/aromatic N) is 2. The maximum atomic E-state index is 11.1. The van der Waals surface area contributed by atoms with E-state index >= 15 is 0 Å². The van der Waals surface area contributed by atoms with Crippen LogP contribution in [0.2, 0.25) is 0 Å². The van der Waals surface area contributed by atoms with Crippen molar-refractivity contribution in [3.05, 3.63) is 0 Å². The number of carbonyl (C=O) groups is 1. The quantitative estimate of drug-likeness (QED) is 0.780. The van der Waals surface area contributed by atoms with Crippen LogP contribution >= 0.6 is 0 Å². The summed E-state index contributed by atoms with van der Waals surface area (Å²) in [6.45, 7) is 4.25. The zero-order chi connectivity index (χ0) is 11.6. The van der Waals surface area contributed by atoms with Gasteiger partial charge in [-0.15, -0.1) is 0 Å². The summed E-state index contributed by atoms with van der Waals surface area (Å²) in [7, 11) is 2.12. The fourth-order valence-electron chi connectivity index (χ4n) is 3.11. The summed E-state index contributed by atoms with van der Waals surface area (Å²) in [4.78, 5) is 15.8. The van der Waals surface area contributed by atoms with E-state index in [-0.39, 0.29) is 5.54 Å². The standard InChI is InChI=1S/C12H22N2O2/c1-13-8-4-12(5-9-13,10-11(15)16)14-6-2-3-7-14/h2-10H2,1H3,(H,15,16). The van der Waals surface area contributed by atoms with Gasteiger partial charge in [-0.3, -0.25) is 9.69 Å². The molecule has 2 aliphatic heterocycles. The summed E-state index contributed by atoms with van der Waals surface area (Å²) < 4.78 is 0. The Morgan fingerprint density at radius 2 is 1.75 bits per heavy atom. The maximum Gasteiger partial charge on any atom is 0.305 e. The fraction of sp³-hybridized carbons (Fsp3) is 0.917. The molecule has 0 atom stereocenters.